The Hall–Kier alpha value is -1.84. The number of hydrogen-bond donors (Lipinski definition) is 1. The summed E-state index contributed by atoms with van der Waals surface area (Å²) in [4.78, 5) is 25.7. The Labute approximate surface area is 113 Å². The number of carbonyl (C=O) groups excluding carboxylic acids is 2. The van der Waals surface area contributed by atoms with E-state index in [1.165, 1.54) is 6.42 Å². The van der Waals surface area contributed by atoms with Gasteiger partial charge in [-0.25, -0.2) is 0 Å². The van der Waals surface area contributed by atoms with Crippen LogP contribution in [0.3, 0.4) is 0 Å². The van der Waals surface area contributed by atoms with Gasteiger partial charge < -0.3 is 10.2 Å². The zero-order valence-corrected chi connectivity index (χ0v) is 11.3. The molecule has 2 amide bonds. The molecule has 0 aromatic heterocycles. The van der Waals surface area contributed by atoms with Gasteiger partial charge >= 0.3 is 0 Å². The second-order valence-corrected chi connectivity index (χ2v) is 5.14. The molecule has 102 valence electrons. The van der Waals surface area contributed by atoms with Crippen LogP contribution in [-0.4, -0.2) is 36.3 Å². The van der Waals surface area contributed by atoms with Crippen LogP contribution in [-0.2, 0) is 4.79 Å². The lowest BCUT2D eigenvalue weighted by molar-refractivity contribution is -0.131. The molecule has 1 heterocycles. The van der Waals surface area contributed by atoms with Gasteiger partial charge in [0.1, 0.15) is 0 Å². The van der Waals surface area contributed by atoms with Crippen molar-refractivity contribution in [3.8, 4) is 0 Å². The van der Waals surface area contributed by atoms with Crippen LogP contribution in [0, 0.1) is 5.92 Å². The number of amides is 2. The SMILES string of the molecule is C[C@H]1CCCN(C(=O)CNC(=O)c2ccccc2)C1. The first-order valence-electron chi connectivity index (χ1n) is 6.78. The van der Waals surface area contributed by atoms with Crippen LogP contribution in [0.2, 0.25) is 0 Å². The molecule has 1 saturated heterocycles. The summed E-state index contributed by atoms with van der Waals surface area (Å²) < 4.78 is 0. The summed E-state index contributed by atoms with van der Waals surface area (Å²) in [6, 6.07) is 8.95. The molecular weight excluding hydrogens is 240 g/mol. The average molecular weight is 260 g/mol. The number of rotatable bonds is 3. The van der Waals surface area contributed by atoms with Crippen molar-refractivity contribution < 1.29 is 9.59 Å². The highest BCUT2D eigenvalue weighted by Crippen LogP contribution is 2.15. The maximum Gasteiger partial charge on any atom is 0.251 e. The zero-order chi connectivity index (χ0) is 13.7. The maximum atomic E-state index is 12.0. The number of piperidine rings is 1. The van der Waals surface area contributed by atoms with Gasteiger partial charge in [-0.1, -0.05) is 25.1 Å². The van der Waals surface area contributed by atoms with Crippen molar-refractivity contribution in [1.82, 2.24) is 10.2 Å². The van der Waals surface area contributed by atoms with Gasteiger partial charge in [0, 0.05) is 18.7 Å². The van der Waals surface area contributed by atoms with Crippen molar-refractivity contribution >= 4 is 11.8 Å². The fraction of sp³-hybridized carbons (Fsp3) is 0.467. The Morgan fingerprint density at radius 1 is 1.32 bits per heavy atom. The summed E-state index contributed by atoms with van der Waals surface area (Å²) in [5.74, 6) is 0.373. The molecule has 0 spiro atoms. The molecule has 0 bridgehead atoms. The van der Waals surface area contributed by atoms with Gasteiger partial charge in [0.05, 0.1) is 6.54 Å². The minimum absolute atomic E-state index is 0.0100. The monoisotopic (exact) mass is 260 g/mol. The Morgan fingerprint density at radius 2 is 2.05 bits per heavy atom. The normalized spacial score (nSPS) is 19.0. The minimum atomic E-state index is -0.195. The topological polar surface area (TPSA) is 49.4 Å². The van der Waals surface area contributed by atoms with E-state index in [0.29, 0.717) is 11.5 Å². The van der Waals surface area contributed by atoms with Crippen molar-refractivity contribution in [3.05, 3.63) is 35.9 Å². The molecule has 4 nitrogen and oxygen atoms in total. The van der Waals surface area contributed by atoms with E-state index in [-0.39, 0.29) is 18.4 Å². The first kappa shape index (κ1) is 13.6. The molecule has 4 heteroatoms. The predicted octanol–water partition coefficient (Wildman–Crippen LogP) is 1.67. The minimum Gasteiger partial charge on any atom is -0.343 e. The van der Waals surface area contributed by atoms with Crippen molar-refractivity contribution in [2.24, 2.45) is 5.92 Å². The largest absolute Gasteiger partial charge is 0.343 e. The van der Waals surface area contributed by atoms with E-state index in [9.17, 15) is 9.59 Å². The predicted molar refractivity (Wildman–Crippen MR) is 73.8 cm³/mol. The highest BCUT2D eigenvalue weighted by Gasteiger charge is 2.21. The van der Waals surface area contributed by atoms with E-state index in [1.807, 2.05) is 23.1 Å². The van der Waals surface area contributed by atoms with Gasteiger partial charge in [-0.3, -0.25) is 9.59 Å². The van der Waals surface area contributed by atoms with Crippen LogP contribution in [0.15, 0.2) is 30.3 Å². The number of nitrogens with zero attached hydrogens (tertiary/aromatic N) is 1. The number of hydrogen-bond acceptors (Lipinski definition) is 2. The summed E-state index contributed by atoms with van der Waals surface area (Å²) in [5.41, 5.74) is 0.585. The molecule has 0 aliphatic carbocycles. The van der Waals surface area contributed by atoms with Crippen LogP contribution in [0.25, 0.3) is 0 Å². The van der Waals surface area contributed by atoms with Gasteiger partial charge in [-0.15, -0.1) is 0 Å². The van der Waals surface area contributed by atoms with Crippen molar-refractivity contribution in [1.29, 1.82) is 0 Å². The summed E-state index contributed by atoms with van der Waals surface area (Å²) in [6.45, 7) is 3.85. The Balaban J connectivity index is 1.82. The molecule has 1 aromatic carbocycles. The van der Waals surface area contributed by atoms with Gasteiger partial charge in [-0.05, 0) is 30.9 Å². The highest BCUT2D eigenvalue weighted by molar-refractivity contribution is 5.96. The lowest BCUT2D eigenvalue weighted by Gasteiger charge is -2.31. The molecule has 1 aliphatic rings. The van der Waals surface area contributed by atoms with Gasteiger partial charge in [0.2, 0.25) is 5.91 Å². The number of likely N-dealkylation sites (tertiary alicyclic amines) is 1. The van der Waals surface area contributed by atoms with E-state index in [1.54, 1.807) is 12.1 Å². The standard InChI is InChI=1S/C15H20N2O2/c1-12-6-5-9-17(11-12)14(18)10-16-15(19)13-7-3-2-4-8-13/h2-4,7-8,12H,5-6,9-11H2,1H3,(H,16,19)/t12-/m0/s1. The number of nitrogens with one attached hydrogen (secondary N) is 1. The van der Waals surface area contributed by atoms with E-state index in [4.69, 9.17) is 0 Å². The van der Waals surface area contributed by atoms with E-state index >= 15 is 0 Å². The zero-order valence-electron chi connectivity index (χ0n) is 11.3. The molecule has 0 unspecified atom stereocenters. The summed E-state index contributed by atoms with van der Waals surface area (Å²) in [7, 11) is 0. The maximum absolute atomic E-state index is 12.0. The van der Waals surface area contributed by atoms with Crippen LogP contribution >= 0.6 is 0 Å². The number of benzene rings is 1. The molecule has 1 aromatic rings. The Morgan fingerprint density at radius 3 is 2.74 bits per heavy atom. The molecule has 1 fully saturated rings. The Bertz CT molecular complexity index is 445. The molecule has 0 radical (unpaired) electrons. The van der Waals surface area contributed by atoms with Gasteiger partial charge in [-0.2, -0.15) is 0 Å². The van der Waals surface area contributed by atoms with Gasteiger partial charge in [0.15, 0.2) is 0 Å². The van der Waals surface area contributed by atoms with E-state index in [2.05, 4.69) is 12.2 Å². The molecule has 1 N–H and O–H groups in total. The third-order valence-corrected chi connectivity index (χ3v) is 3.45. The quantitative estimate of drug-likeness (QED) is 0.899. The first-order valence-corrected chi connectivity index (χ1v) is 6.78. The first-order chi connectivity index (χ1) is 9.16. The third-order valence-electron chi connectivity index (χ3n) is 3.45. The van der Waals surface area contributed by atoms with Gasteiger partial charge in [0.25, 0.3) is 5.91 Å². The molecule has 19 heavy (non-hydrogen) atoms. The Kier molecular flexibility index (Phi) is 4.55. The second-order valence-electron chi connectivity index (χ2n) is 5.14. The molecular formula is C15H20N2O2. The van der Waals surface area contributed by atoms with Crippen molar-refractivity contribution in [3.63, 3.8) is 0 Å². The lowest BCUT2D eigenvalue weighted by atomic mass is 10.0. The highest BCUT2D eigenvalue weighted by atomic mass is 16.2. The summed E-state index contributed by atoms with van der Waals surface area (Å²) in [6.07, 6.45) is 2.24. The van der Waals surface area contributed by atoms with Crippen molar-refractivity contribution in [2.45, 2.75) is 19.8 Å². The number of carbonyl (C=O) groups is 2. The van der Waals surface area contributed by atoms with Crippen molar-refractivity contribution in [2.75, 3.05) is 19.6 Å². The molecule has 0 saturated carbocycles. The van der Waals surface area contributed by atoms with E-state index < -0.39 is 0 Å². The average Bonchev–Trinajstić information content (AvgIpc) is 2.45. The summed E-state index contributed by atoms with van der Waals surface area (Å²) in [5, 5.41) is 2.68. The molecule has 1 atom stereocenters. The van der Waals surface area contributed by atoms with E-state index in [0.717, 1.165) is 19.5 Å². The van der Waals surface area contributed by atoms with Crippen LogP contribution in [0.4, 0.5) is 0 Å². The van der Waals surface area contributed by atoms with Crippen LogP contribution in [0.5, 0.6) is 0 Å². The smallest absolute Gasteiger partial charge is 0.251 e. The lowest BCUT2D eigenvalue weighted by Crippen LogP contribution is -2.44. The fourth-order valence-electron chi connectivity index (χ4n) is 2.38. The summed E-state index contributed by atoms with van der Waals surface area (Å²) >= 11 is 0. The second kappa shape index (κ2) is 6.36. The molecule has 2 rings (SSSR count). The van der Waals surface area contributed by atoms with Crippen LogP contribution in [0.1, 0.15) is 30.1 Å². The fourth-order valence-corrected chi connectivity index (χ4v) is 2.38. The molecule has 1 aliphatic heterocycles. The van der Waals surface area contributed by atoms with Crippen LogP contribution < -0.4 is 5.32 Å². The third kappa shape index (κ3) is 3.81.